The van der Waals surface area contributed by atoms with Gasteiger partial charge in [-0.3, -0.25) is 0 Å². The number of halogens is 1. The Morgan fingerprint density at radius 1 is 1.24 bits per heavy atom. The predicted molar refractivity (Wildman–Crippen MR) is 116 cm³/mol. The first-order valence-corrected chi connectivity index (χ1v) is 10.1. The highest BCUT2D eigenvalue weighted by Gasteiger charge is 2.25. The number of hydrogen-bond acceptors (Lipinski definition) is 3. The molecule has 1 aliphatic rings. The second kappa shape index (κ2) is 8.46. The molecule has 0 unspecified atom stereocenters. The van der Waals surface area contributed by atoms with E-state index >= 15 is 0 Å². The summed E-state index contributed by atoms with van der Waals surface area (Å²) in [6.45, 7) is 7.59. The Labute approximate surface area is 177 Å². The number of benzene rings is 1. The summed E-state index contributed by atoms with van der Waals surface area (Å²) in [5.41, 5.74) is 4.06. The molecule has 0 bridgehead atoms. The van der Waals surface area contributed by atoms with Crippen LogP contribution < -0.4 is 4.74 Å². The molecule has 2 aromatic rings. The van der Waals surface area contributed by atoms with Crippen LogP contribution in [0.1, 0.15) is 44.0 Å². The van der Waals surface area contributed by atoms with Crippen LogP contribution in [0.15, 0.2) is 42.5 Å². The van der Waals surface area contributed by atoms with Crippen molar-refractivity contribution in [2.24, 2.45) is 5.92 Å². The lowest BCUT2D eigenvalue weighted by Gasteiger charge is -2.20. The van der Waals surface area contributed by atoms with Crippen LogP contribution in [0, 0.1) is 5.92 Å². The summed E-state index contributed by atoms with van der Waals surface area (Å²) in [6.07, 6.45) is 2.05. The molecule has 1 saturated heterocycles. The number of carboxylic acid groups (broad SMARTS) is 1. The minimum absolute atomic E-state index is 0.0671. The maximum Gasteiger partial charge on any atom is 0.407 e. The summed E-state index contributed by atoms with van der Waals surface area (Å²) < 4.78 is 5.30. The van der Waals surface area contributed by atoms with Gasteiger partial charge in [0.1, 0.15) is 5.02 Å². The van der Waals surface area contributed by atoms with E-state index in [4.69, 9.17) is 16.3 Å². The molecule has 1 atom stereocenters. The average molecular weight is 415 g/mol. The third-order valence-corrected chi connectivity index (χ3v) is 5.53. The first kappa shape index (κ1) is 21.2. The highest BCUT2D eigenvalue weighted by molar-refractivity contribution is 6.31. The van der Waals surface area contributed by atoms with Gasteiger partial charge in [-0.15, -0.1) is 0 Å². The van der Waals surface area contributed by atoms with Crippen LogP contribution in [-0.4, -0.2) is 41.3 Å². The number of likely N-dealkylation sites (tertiary alicyclic amines) is 1. The van der Waals surface area contributed by atoms with Crippen molar-refractivity contribution in [3.8, 4) is 5.88 Å². The first-order chi connectivity index (χ1) is 13.7. The quantitative estimate of drug-likeness (QED) is 0.720. The van der Waals surface area contributed by atoms with Gasteiger partial charge in [0, 0.05) is 18.7 Å². The number of hydrogen-bond donors (Lipinski definition) is 1. The summed E-state index contributed by atoms with van der Waals surface area (Å²) in [5, 5.41) is 9.72. The standard InChI is InChI=1S/C23H27ClN2O3/c1-23(2,3)17-7-5-16(6-8-17)18(13-15-11-12-26(14-15)22(27)28)20-10-9-19(24)21(25-20)29-4/h5-10,13,15H,11-12,14H2,1-4H3,(H,27,28)/b18-13-/t15-/m1/s1. The van der Waals surface area contributed by atoms with E-state index in [0.717, 1.165) is 23.3 Å². The van der Waals surface area contributed by atoms with Crippen molar-refractivity contribution < 1.29 is 14.6 Å². The van der Waals surface area contributed by atoms with E-state index in [-0.39, 0.29) is 11.3 Å². The molecular weight excluding hydrogens is 388 g/mol. The average Bonchev–Trinajstić information content (AvgIpc) is 3.15. The van der Waals surface area contributed by atoms with Gasteiger partial charge < -0.3 is 14.7 Å². The molecular formula is C23H27ClN2O3. The Kier molecular flexibility index (Phi) is 6.18. The molecule has 1 aromatic heterocycles. The summed E-state index contributed by atoms with van der Waals surface area (Å²) in [5.74, 6) is 0.506. The molecule has 6 heteroatoms. The van der Waals surface area contributed by atoms with Gasteiger partial charge in [0.05, 0.1) is 12.8 Å². The lowest BCUT2D eigenvalue weighted by atomic mass is 9.85. The van der Waals surface area contributed by atoms with Crippen LogP contribution in [0.3, 0.4) is 0 Å². The fourth-order valence-electron chi connectivity index (χ4n) is 3.53. The minimum Gasteiger partial charge on any atom is -0.480 e. The van der Waals surface area contributed by atoms with E-state index in [9.17, 15) is 9.90 Å². The van der Waals surface area contributed by atoms with Crippen LogP contribution >= 0.6 is 11.6 Å². The summed E-state index contributed by atoms with van der Waals surface area (Å²) in [6, 6.07) is 12.1. The first-order valence-electron chi connectivity index (χ1n) is 9.70. The monoisotopic (exact) mass is 414 g/mol. The van der Waals surface area contributed by atoms with E-state index in [0.29, 0.717) is 24.0 Å². The molecule has 0 spiro atoms. The van der Waals surface area contributed by atoms with Crippen molar-refractivity contribution in [3.63, 3.8) is 0 Å². The van der Waals surface area contributed by atoms with Crippen molar-refractivity contribution in [2.45, 2.75) is 32.6 Å². The number of carbonyl (C=O) groups is 1. The summed E-state index contributed by atoms with van der Waals surface area (Å²) >= 11 is 6.16. The zero-order chi connectivity index (χ0) is 21.2. The van der Waals surface area contributed by atoms with Gasteiger partial charge in [0.15, 0.2) is 0 Å². The molecule has 1 fully saturated rings. The Balaban J connectivity index is 2.02. The van der Waals surface area contributed by atoms with Gasteiger partial charge in [0.2, 0.25) is 5.88 Å². The Hall–Kier alpha value is -2.53. The third kappa shape index (κ3) is 4.91. The molecule has 1 aromatic carbocycles. The molecule has 1 amide bonds. The third-order valence-electron chi connectivity index (χ3n) is 5.24. The van der Waals surface area contributed by atoms with Crippen molar-refractivity contribution in [1.29, 1.82) is 0 Å². The van der Waals surface area contributed by atoms with Crippen LogP contribution in [0.25, 0.3) is 5.57 Å². The number of rotatable bonds is 4. The second-order valence-electron chi connectivity index (χ2n) is 8.37. The molecule has 0 aliphatic carbocycles. The van der Waals surface area contributed by atoms with Gasteiger partial charge >= 0.3 is 6.09 Å². The Morgan fingerprint density at radius 2 is 1.93 bits per heavy atom. The van der Waals surface area contributed by atoms with E-state index < -0.39 is 6.09 Å². The molecule has 1 N–H and O–H groups in total. The van der Waals surface area contributed by atoms with Gasteiger partial charge in [-0.25, -0.2) is 9.78 Å². The van der Waals surface area contributed by atoms with E-state index in [1.54, 1.807) is 13.2 Å². The smallest absolute Gasteiger partial charge is 0.407 e. The highest BCUT2D eigenvalue weighted by atomic mass is 35.5. The number of ether oxygens (including phenoxy) is 1. The summed E-state index contributed by atoms with van der Waals surface area (Å²) in [4.78, 5) is 17.3. The van der Waals surface area contributed by atoms with Crippen molar-refractivity contribution in [1.82, 2.24) is 9.88 Å². The number of aromatic nitrogens is 1. The second-order valence-corrected chi connectivity index (χ2v) is 8.78. The fourth-order valence-corrected chi connectivity index (χ4v) is 3.71. The number of nitrogens with zero attached hydrogens (tertiary/aromatic N) is 2. The number of methoxy groups -OCH3 is 1. The normalized spacial score (nSPS) is 17.5. The topological polar surface area (TPSA) is 62.7 Å². The van der Waals surface area contributed by atoms with Gasteiger partial charge in [0.25, 0.3) is 0 Å². The van der Waals surface area contributed by atoms with E-state index in [1.165, 1.54) is 10.5 Å². The minimum atomic E-state index is -0.872. The van der Waals surface area contributed by atoms with Gasteiger partial charge in [-0.05, 0) is 41.0 Å². The molecule has 29 heavy (non-hydrogen) atoms. The van der Waals surface area contributed by atoms with Crippen LogP contribution in [0.4, 0.5) is 4.79 Å². The highest BCUT2D eigenvalue weighted by Crippen LogP contribution is 2.32. The lowest BCUT2D eigenvalue weighted by Crippen LogP contribution is -2.26. The van der Waals surface area contributed by atoms with Crippen LogP contribution in [-0.2, 0) is 5.41 Å². The van der Waals surface area contributed by atoms with Crippen molar-refractivity contribution in [3.05, 3.63) is 64.3 Å². The summed E-state index contributed by atoms with van der Waals surface area (Å²) in [7, 11) is 1.54. The molecule has 154 valence electrons. The van der Waals surface area contributed by atoms with Gasteiger partial charge in [-0.1, -0.05) is 62.7 Å². The maximum absolute atomic E-state index is 11.3. The van der Waals surface area contributed by atoms with Crippen LogP contribution in [0.2, 0.25) is 5.02 Å². The fraction of sp³-hybridized carbons (Fsp3) is 0.391. The predicted octanol–water partition coefficient (Wildman–Crippen LogP) is 5.47. The van der Waals surface area contributed by atoms with Crippen molar-refractivity contribution >= 4 is 23.3 Å². The molecule has 0 radical (unpaired) electrons. The lowest BCUT2D eigenvalue weighted by molar-refractivity contribution is 0.155. The van der Waals surface area contributed by atoms with E-state index in [1.807, 2.05) is 6.07 Å². The maximum atomic E-state index is 11.3. The zero-order valence-electron chi connectivity index (χ0n) is 17.3. The van der Waals surface area contributed by atoms with Crippen LogP contribution in [0.5, 0.6) is 5.88 Å². The van der Waals surface area contributed by atoms with Crippen molar-refractivity contribution in [2.75, 3.05) is 20.2 Å². The molecule has 0 saturated carbocycles. The largest absolute Gasteiger partial charge is 0.480 e. The van der Waals surface area contributed by atoms with E-state index in [2.05, 4.69) is 56.1 Å². The molecule has 1 aliphatic heterocycles. The Morgan fingerprint density at radius 3 is 2.48 bits per heavy atom. The Bertz CT molecular complexity index is 917. The zero-order valence-corrected chi connectivity index (χ0v) is 18.0. The molecule has 5 nitrogen and oxygen atoms in total. The molecule has 3 rings (SSSR count). The number of amides is 1. The molecule has 2 heterocycles. The SMILES string of the molecule is COc1nc(/C(=C\[C@H]2CCN(C(=O)O)C2)c2ccc(C(C)(C)C)cc2)ccc1Cl. The number of pyridine rings is 1. The van der Waals surface area contributed by atoms with Gasteiger partial charge in [-0.2, -0.15) is 0 Å².